The SMILES string of the molecule is O=C1CC(N(Cc2ccccc2)C(=O)c2ccccc2F)C(=O)N1c1ccc(I)cc1. The fourth-order valence-electron chi connectivity index (χ4n) is 3.61. The van der Waals surface area contributed by atoms with Crippen molar-refractivity contribution < 1.29 is 18.8 Å². The third kappa shape index (κ3) is 4.36. The summed E-state index contributed by atoms with van der Waals surface area (Å²) in [6, 6.07) is 20.7. The molecule has 1 heterocycles. The molecule has 4 rings (SSSR count). The summed E-state index contributed by atoms with van der Waals surface area (Å²) in [6.07, 6.45) is -0.155. The Balaban J connectivity index is 1.70. The predicted molar refractivity (Wildman–Crippen MR) is 123 cm³/mol. The fourth-order valence-corrected chi connectivity index (χ4v) is 3.97. The Morgan fingerprint density at radius 2 is 1.61 bits per heavy atom. The van der Waals surface area contributed by atoms with E-state index in [0.717, 1.165) is 14.0 Å². The molecule has 1 aliphatic heterocycles. The number of carbonyl (C=O) groups is 3. The van der Waals surface area contributed by atoms with Gasteiger partial charge in [0.05, 0.1) is 17.7 Å². The van der Waals surface area contributed by atoms with Gasteiger partial charge in [-0.3, -0.25) is 14.4 Å². The van der Waals surface area contributed by atoms with E-state index in [1.54, 1.807) is 30.3 Å². The minimum absolute atomic E-state index is 0.0816. The molecule has 0 saturated carbocycles. The molecule has 1 saturated heterocycles. The van der Waals surface area contributed by atoms with E-state index in [9.17, 15) is 18.8 Å². The van der Waals surface area contributed by atoms with Crippen LogP contribution in [-0.4, -0.2) is 28.7 Å². The maximum Gasteiger partial charge on any atom is 0.257 e. The minimum atomic E-state index is -1.01. The Labute approximate surface area is 192 Å². The Morgan fingerprint density at radius 3 is 2.29 bits per heavy atom. The lowest BCUT2D eigenvalue weighted by Crippen LogP contribution is -2.45. The molecule has 156 valence electrons. The second kappa shape index (κ2) is 8.97. The maximum atomic E-state index is 14.4. The Bertz CT molecular complexity index is 1140. The van der Waals surface area contributed by atoms with E-state index in [-0.39, 0.29) is 18.5 Å². The monoisotopic (exact) mass is 528 g/mol. The van der Waals surface area contributed by atoms with Gasteiger partial charge in [-0.05, 0) is 64.6 Å². The molecule has 1 unspecified atom stereocenters. The summed E-state index contributed by atoms with van der Waals surface area (Å²) < 4.78 is 15.3. The summed E-state index contributed by atoms with van der Waals surface area (Å²) >= 11 is 2.14. The number of amides is 3. The van der Waals surface area contributed by atoms with Crippen molar-refractivity contribution >= 4 is 46.0 Å². The van der Waals surface area contributed by atoms with Crippen LogP contribution in [0.5, 0.6) is 0 Å². The van der Waals surface area contributed by atoms with Crippen molar-refractivity contribution in [3.8, 4) is 0 Å². The van der Waals surface area contributed by atoms with Crippen LogP contribution >= 0.6 is 22.6 Å². The van der Waals surface area contributed by atoms with E-state index in [1.165, 1.54) is 23.1 Å². The standard InChI is InChI=1S/C24H18FIN2O3/c25-20-9-5-4-8-19(20)23(30)27(15-16-6-2-1-3-7-16)21-14-22(29)28(24(21)31)18-12-10-17(26)11-13-18/h1-13,21H,14-15H2. The van der Waals surface area contributed by atoms with Crippen molar-refractivity contribution in [3.63, 3.8) is 0 Å². The summed E-state index contributed by atoms with van der Waals surface area (Å²) in [5.41, 5.74) is 1.10. The van der Waals surface area contributed by atoms with Gasteiger partial charge in [0.15, 0.2) is 0 Å². The van der Waals surface area contributed by atoms with Crippen molar-refractivity contribution in [2.45, 2.75) is 19.0 Å². The van der Waals surface area contributed by atoms with Gasteiger partial charge in [-0.2, -0.15) is 0 Å². The van der Waals surface area contributed by atoms with Gasteiger partial charge < -0.3 is 4.90 Å². The fraction of sp³-hybridized carbons (Fsp3) is 0.125. The zero-order chi connectivity index (χ0) is 22.0. The first kappa shape index (κ1) is 21.2. The summed E-state index contributed by atoms with van der Waals surface area (Å²) in [5.74, 6) is -2.18. The summed E-state index contributed by atoms with van der Waals surface area (Å²) in [5, 5.41) is 0. The molecule has 0 bridgehead atoms. The zero-order valence-corrected chi connectivity index (χ0v) is 18.5. The van der Waals surface area contributed by atoms with Crippen LogP contribution in [-0.2, 0) is 16.1 Å². The average molecular weight is 528 g/mol. The molecule has 3 aromatic rings. The Hall–Kier alpha value is -3.07. The third-order valence-electron chi connectivity index (χ3n) is 5.14. The third-order valence-corrected chi connectivity index (χ3v) is 5.86. The first-order valence-electron chi connectivity index (χ1n) is 9.67. The van der Waals surface area contributed by atoms with Crippen LogP contribution < -0.4 is 4.90 Å². The van der Waals surface area contributed by atoms with Gasteiger partial charge in [-0.15, -0.1) is 0 Å². The number of anilines is 1. The van der Waals surface area contributed by atoms with Gasteiger partial charge in [0.1, 0.15) is 11.9 Å². The van der Waals surface area contributed by atoms with Gasteiger partial charge in [-0.1, -0.05) is 42.5 Å². The second-order valence-corrected chi connectivity index (χ2v) is 8.41. The second-order valence-electron chi connectivity index (χ2n) is 7.16. The summed E-state index contributed by atoms with van der Waals surface area (Å²) in [4.78, 5) is 41.7. The minimum Gasteiger partial charge on any atom is -0.322 e. The Kier molecular flexibility index (Phi) is 6.13. The molecule has 0 aromatic heterocycles. The van der Waals surface area contributed by atoms with E-state index in [1.807, 2.05) is 30.3 Å². The highest BCUT2D eigenvalue weighted by atomic mass is 127. The molecule has 0 N–H and O–H groups in total. The molecule has 1 aliphatic rings. The van der Waals surface area contributed by atoms with Crippen molar-refractivity contribution in [1.82, 2.24) is 4.90 Å². The largest absolute Gasteiger partial charge is 0.322 e. The van der Waals surface area contributed by atoms with E-state index in [4.69, 9.17) is 0 Å². The van der Waals surface area contributed by atoms with Crippen LogP contribution in [0.1, 0.15) is 22.3 Å². The number of halogens is 2. The molecular formula is C24H18FIN2O3. The summed E-state index contributed by atoms with van der Waals surface area (Å²) in [7, 11) is 0. The smallest absolute Gasteiger partial charge is 0.257 e. The van der Waals surface area contributed by atoms with Gasteiger partial charge in [0, 0.05) is 10.1 Å². The number of benzene rings is 3. The zero-order valence-electron chi connectivity index (χ0n) is 16.4. The Morgan fingerprint density at radius 1 is 0.968 bits per heavy atom. The van der Waals surface area contributed by atoms with Crippen LogP contribution in [0.15, 0.2) is 78.9 Å². The number of carbonyl (C=O) groups excluding carboxylic acids is 3. The first-order valence-corrected chi connectivity index (χ1v) is 10.8. The molecular weight excluding hydrogens is 510 g/mol. The quantitative estimate of drug-likeness (QED) is 0.365. The van der Waals surface area contributed by atoms with E-state index in [2.05, 4.69) is 22.6 Å². The molecule has 0 aliphatic carbocycles. The van der Waals surface area contributed by atoms with E-state index in [0.29, 0.717) is 5.69 Å². The lowest BCUT2D eigenvalue weighted by Gasteiger charge is -2.28. The van der Waals surface area contributed by atoms with Crippen LogP contribution in [0, 0.1) is 9.39 Å². The van der Waals surface area contributed by atoms with Crippen LogP contribution in [0.4, 0.5) is 10.1 Å². The topological polar surface area (TPSA) is 57.7 Å². The van der Waals surface area contributed by atoms with Crippen LogP contribution in [0.3, 0.4) is 0 Å². The van der Waals surface area contributed by atoms with Gasteiger partial charge >= 0.3 is 0 Å². The van der Waals surface area contributed by atoms with Crippen molar-refractivity contribution in [2.75, 3.05) is 4.90 Å². The van der Waals surface area contributed by atoms with Crippen molar-refractivity contribution in [2.24, 2.45) is 0 Å². The van der Waals surface area contributed by atoms with Gasteiger partial charge in [0.25, 0.3) is 11.8 Å². The molecule has 1 atom stereocenters. The van der Waals surface area contributed by atoms with E-state index >= 15 is 0 Å². The van der Waals surface area contributed by atoms with Crippen molar-refractivity contribution in [1.29, 1.82) is 0 Å². The normalized spacial score (nSPS) is 15.9. The lowest BCUT2D eigenvalue weighted by atomic mass is 10.1. The molecule has 7 heteroatoms. The molecule has 31 heavy (non-hydrogen) atoms. The molecule has 0 spiro atoms. The average Bonchev–Trinajstić information content (AvgIpc) is 3.07. The molecule has 0 radical (unpaired) electrons. The van der Waals surface area contributed by atoms with Crippen LogP contribution in [0.2, 0.25) is 0 Å². The molecule has 5 nitrogen and oxygen atoms in total. The number of hydrogen-bond acceptors (Lipinski definition) is 3. The van der Waals surface area contributed by atoms with Gasteiger partial charge in [-0.25, -0.2) is 9.29 Å². The van der Waals surface area contributed by atoms with Crippen LogP contribution in [0.25, 0.3) is 0 Å². The lowest BCUT2D eigenvalue weighted by molar-refractivity contribution is -0.122. The number of nitrogens with zero attached hydrogens (tertiary/aromatic N) is 2. The molecule has 1 fully saturated rings. The number of imide groups is 1. The maximum absolute atomic E-state index is 14.4. The summed E-state index contributed by atoms with van der Waals surface area (Å²) in [6.45, 7) is 0.0816. The first-order chi connectivity index (χ1) is 15.0. The number of hydrogen-bond donors (Lipinski definition) is 0. The highest BCUT2D eigenvalue weighted by Gasteiger charge is 2.44. The molecule has 3 aromatic carbocycles. The van der Waals surface area contributed by atoms with Gasteiger partial charge in [0.2, 0.25) is 5.91 Å². The highest BCUT2D eigenvalue weighted by Crippen LogP contribution is 2.28. The molecule has 3 amide bonds. The number of rotatable bonds is 5. The van der Waals surface area contributed by atoms with Crippen molar-refractivity contribution in [3.05, 3.63) is 99.4 Å². The van der Waals surface area contributed by atoms with E-state index < -0.39 is 29.6 Å². The predicted octanol–water partition coefficient (Wildman–Crippen LogP) is 4.40. The highest BCUT2D eigenvalue weighted by molar-refractivity contribution is 14.1.